The van der Waals surface area contributed by atoms with Crippen LogP contribution in [-0.4, -0.2) is 101 Å². The van der Waals surface area contributed by atoms with E-state index in [0.29, 0.717) is 25.4 Å². The first kappa shape index (κ1) is 24.8. The van der Waals surface area contributed by atoms with Gasteiger partial charge in [-0.15, -0.1) is 0 Å². The maximum Gasteiger partial charge on any atom is 0.246 e. The van der Waals surface area contributed by atoms with Crippen molar-refractivity contribution in [2.75, 3.05) is 66.6 Å². The molecule has 180 valence electrons. The van der Waals surface area contributed by atoms with Crippen molar-refractivity contribution in [3.8, 4) is 11.5 Å². The summed E-state index contributed by atoms with van der Waals surface area (Å²) in [5.41, 5.74) is 0. The Morgan fingerprint density at radius 3 is 2.59 bits per heavy atom. The summed E-state index contributed by atoms with van der Waals surface area (Å²) in [6.45, 7) is 7.27. The normalized spacial score (nSPS) is 20.0. The smallest absolute Gasteiger partial charge is 0.246 e. The van der Waals surface area contributed by atoms with Crippen LogP contribution in [-0.2, 0) is 14.8 Å². The molecule has 2 fully saturated rings. The van der Waals surface area contributed by atoms with Crippen molar-refractivity contribution in [2.24, 2.45) is 0 Å². The third-order valence-electron chi connectivity index (χ3n) is 6.35. The van der Waals surface area contributed by atoms with Gasteiger partial charge in [-0.3, -0.25) is 9.69 Å². The number of sulfonamides is 1. The molecule has 2 heterocycles. The van der Waals surface area contributed by atoms with Gasteiger partial charge in [0.05, 0.1) is 14.2 Å². The Morgan fingerprint density at radius 1 is 1.19 bits per heavy atom. The zero-order valence-corrected chi connectivity index (χ0v) is 20.2. The molecule has 0 radical (unpaired) electrons. The van der Waals surface area contributed by atoms with E-state index in [2.05, 4.69) is 17.1 Å². The van der Waals surface area contributed by atoms with Gasteiger partial charge in [-0.2, -0.15) is 4.31 Å². The highest BCUT2D eigenvalue weighted by Gasteiger charge is 2.34. The average Bonchev–Trinajstić information content (AvgIpc) is 3.28. The van der Waals surface area contributed by atoms with Crippen LogP contribution in [0, 0.1) is 0 Å². The molecule has 0 bridgehead atoms. The number of piperazine rings is 1. The topological polar surface area (TPSA) is 91.4 Å². The predicted molar refractivity (Wildman–Crippen MR) is 123 cm³/mol. The van der Waals surface area contributed by atoms with Crippen molar-refractivity contribution in [3.05, 3.63) is 18.2 Å². The Balaban J connectivity index is 1.85. The second-order valence-corrected chi connectivity index (χ2v) is 10.1. The zero-order chi connectivity index (χ0) is 23.1. The minimum Gasteiger partial charge on any atom is -0.497 e. The second-order valence-electron chi connectivity index (χ2n) is 8.19. The molecule has 2 saturated heterocycles. The lowest BCUT2D eigenvalue weighted by atomic mass is 10.2. The van der Waals surface area contributed by atoms with Crippen LogP contribution < -0.4 is 14.8 Å². The molecule has 1 amide bonds. The molecule has 0 saturated carbocycles. The van der Waals surface area contributed by atoms with Crippen molar-refractivity contribution >= 4 is 15.9 Å². The lowest BCUT2D eigenvalue weighted by molar-refractivity contribution is -0.131. The molecule has 0 aromatic heterocycles. The lowest BCUT2D eigenvalue weighted by Gasteiger charge is -2.31. The number of hydrogen-bond acceptors (Lipinski definition) is 7. The van der Waals surface area contributed by atoms with E-state index in [1.165, 1.54) is 24.6 Å². The van der Waals surface area contributed by atoms with E-state index in [-0.39, 0.29) is 35.6 Å². The number of rotatable bonds is 10. The average molecular weight is 469 g/mol. The number of carbonyl (C=O) groups excluding carboxylic acids is 1. The van der Waals surface area contributed by atoms with Gasteiger partial charge in [0.1, 0.15) is 16.4 Å². The minimum atomic E-state index is -3.90. The molecule has 2 aliphatic rings. The Hall–Kier alpha value is -1.88. The fourth-order valence-corrected chi connectivity index (χ4v) is 6.13. The zero-order valence-electron chi connectivity index (χ0n) is 19.4. The van der Waals surface area contributed by atoms with Crippen LogP contribution in [0.15, 0.2) is 23.1 Å². The number of benzene rings is 1. The summed E-state index contributed by atoms with van der Waals surface area (Å²) in [6.07, 6.45) is 2.15. The molecule has 0 spiro atoms. The first-order valence-corrected chi connectivity index (χ1v) is 12.8. The Morgan fingerprint density at radius 2 is 1.94 bits per heavy atom. The highest BCUT2D eigenvalue weighted by Crippen LogP contribution is 2.31. The quantitative estimate of drug-likeness (QED) is 0.548. The maximum absolute atomic E-state index is 13.8. The summed E-state index contributed by atoms with van der Waals surface area (Å²) in [5, 5.41) is 3.23. The van der Waals surface area contributed by atoms with E-state index in [1.54, 1.807) is 17.0 Å². The fourth-order valence-electron chi connectivity index (χ4n) is 4.48. The standard InChI is InChI=1S/C22H36N4O5S/c1-4-24-12-5-6-18(24)17-26(13-9-22(27)25-14-10-23-11-15-25)32(28,29)21-16-19(30-2)7-8-20(21)31-3/h7-8,16,18,23H,4-6,9-15,17H2,1-3H3/t18-/m1/s1. The Labute approximate surface area is 191 Å². The molecular formula is C22H36N4O5S. The van der Waals surface area contributed by atoms with Crippen LogP contribution in [0.4, 0.5) is 0 Å². The van der Waals surface area contributed by atoms with E-state index in [9.17, 15) is 13.2 Å². The van der Waals surface area contributed by atoms with Gasteiger partial charge in [-0.25, -0.2) is 8.42 Å². The van der Waals surface area contributed by atoms with Crippen LogP contribution >= 0.6 is 0 Å². The molecule has 1 aromatic carbocycles. The van der Waals surface area contributed by atoms with Gasteiger partial charge in [0.2, 0.25) is 15.9 Å². The third-order valence-corrected chi connectivity index (χ3v) is 8.24. The van der Waals surface area contributed by atoms with E-state index < -0.39 is 10.0 Å². The third kappa shape index (κ3) is 5.72. The van der Waals surface area contributed by atoms with Gasteiger partial charge >= 0.3 is 0 Å². The van der Waals surface area contributed by atoms with Gasteiger partial charge in [0.15, 0.2) is 0 Å². The first-order valence-electron chi connectivity index (χ1n) is 11.4. The monoisotopic (exact) mass is 468 g/mol. The van der Waals surface area contributed by atoms with Crippen LogP contribution in [0.5, 0.6) is 11.5 Å². The molecule has 1 atom stereocenters. The molecule has 1 aromatic rings. The predicted octanol–water partition coefficient (Wildman–Crippen LogP) is 1.00. The molecule has 9 nitrogen and oxygen atoms in total. The summed E-state index contributed by atoms with van der Waals surface area (Å²) in [5.74, 6) is 0.698. The van der Waals surface area contributed by atoms with Gasteiger partial charge in [0, 0.05) is 57.8 Å². The van der Waals surface area contributed by atoms with Gasteiger partial charge in [0.25, 0.3) is 0 Å². The number of likely N-dealkylation sites (N-methyl/N-ethyl adjacent to an activating group) is 1. The van der Waals surface area contributed by atoms with Crippen molar-refractivity contribution in [2.45, 2.75) is 37.1 Å². The summed E-state index contributed by atoms with van der Waals surface area (Å²) in [4.78, 5) is 16.9. The Bertz CT molecular complexity index is 873. The van der Waals surface area contributed by atoms with Gasteiger partial charge < -0.3 is 19.7 Å². The molecule has 3 rings (SSSR count). The molecule has 1 N–H and O–H groups in total. The number of ether oxygens (including phenoxy) is 2. The number of methoxy groups -OCH3 is 2. The van der Waals surface area contributed by atoms with Crippen molar-refractivity contribution < 1.29 is 22.7 Å². The van der Waals surface area contributed by atoms with E-state index in [4.69, 9.17) is 9.47 Å². The molecule has 10 heteroatoms. The molecule has 2 aliphatic heterocycles. The molecule has 32 heavy (non-hydrogen) atoms. The molecule has 0 unspecified atom stereocenters. The summed E-state index contributed by atoms with van der Waals surface area (Å²) in [7, 11) is -0.950. The van der Waals surface area contributed by atoms with E-state index in [1.807, 2.05) is 0 Å². The van der Waals surface area contributed by atoms with E-state index in [0.717, 1.165) is 39.0 Å². The number of nitrogens with zero attached hydrogens (tertiary/aromatic N) is 3. The van der Waals surface area contributed by atoms with Crippen LogP contribution in [0.3, 0.4) is 0 Å². The summed E-state index contributed by atoms with van der Waals surface area (Å²) in [6, 6.07) is 4.90. The maximum atomic E-state index is 13.8. The van der Waals surface area contributed by atoms with Gasteiger partial charge in [-0.1, -0.05) is 6.92 Å². The SMILES string of the molecule is CCN1CCC[C@@H]1CN(CCC(=O)N1CCNCC1)S(=O)(=O)c1cc(OC)ccc1OC. The highest BCUT2D eigenvalue weighted by molar-refractivity contribution is 7.89. The minimum absolute atomic E-state index is 0.0110. The molecule has 0 aliphatic carbocycles. The van der Waals surface area contributed by atoms with Crippen molar-refractivity contribution in [1.29, 1.82) is 0 Å². The van der Waals surface area contributed by atoms with Crippen LogP contribution in [0.1, 0.15) is 26.2 Å². The van der Waals surface area contributed by atoms with Crippen LogP contribution in [0.2, 0.25) is 0 Å². The number of hydrogen-bond donors (Lipinski definition) is 1. The summed E-state index contributed by atoms with van der Waals surface area (Å²) >= 11 is 0. The van der Waals surface area contributed by atoms with E-state index >= 15 is 0 Å². The highest BCUT2D eigenvalue weighted by atomic mass is 32.2. The number of likely N-dealkylation sites (tertiary alicyclic amines) is 1. The van der Waals surface area contributed by atoms with Crippen molar-refractivity contribution in [3.63, 3.8) is 0 Å². The number of carbonyl (C=O) groups is 1. The largest absolute Gasteiger partial charge is 0.497 e. The summed E-state index contributed by atoms with van der Waals surface area (Å²) < 4.78 is 39.7. The number of nitrogens with one attached hydrogen (secondary N) is 1. The second kappa shape index (κ2) is 11.3. The molecular weight excluding hydrogens is 432 g/mol. The van der Waals surface area contributed by atoms with Crippen LogP contribution in [0.25, 0.3) is 0 Å². The number of amides is 1. The van der Waals surface area contributed by atoms with Gasteiger partial charge in [-0.05, 0) is 38.1 Å². The Kier molecular flexibility index (Phi) is 8.75. The lowest BCUT2D eigenvalue weighted by Crippen LogP contribution is -2.48. The van der Waals surface area contributed by atoms with Crippen molar-refractivity contribution in [1.82, 2.24) is 19.4 Å². The fraction of sp³-hybridized carbons (Fsp3) is 0.682. The first-order chi connectivity index (χ1) is 15.4.